The molecule has 12 heavy (non-hydrogen) atoms. The zero-order chi connectivity index (χ0) is 8.39. The van der Waals surface area contributed by atoms with E-state index in [-0.39, 0.29) is 0 Å². The first-order valence-corrected chi connectivity index (χ1v) is 3.53. The third kappa shape index (κ3) is 1.14. The van der Waals surface area contributed by atoms with Crippen LogP contribution in [0, 0.1) is 0 Å². The molecule has 0 unspecified atom stereocenters. The van der Waals surface area contributed by atoms with E-state index >= 15 is 0 Å². The highest BCUT2D eigenvalue weighted by Gasteiger charge is 1.97. The van der Waals surface area contributed by atoms with Crippen LogP contribution in [-0.4, -0.2) is 26.7 Å². The van der Waals surface area contributed by atoms with Gasteiger partial charge in [0.15, 0.2) is 5.65 Å². The molecule has 0 bridgehead atoms. The SMILES string of the molecule is COCc1cn2ncnc2cn1. The summed E-state index contributed by atoms with van der Waals surface area (Å²) in [4.78, 5) is 8.09. The lowest BCUT2D eigenvalue weighted by Gasteiger charge is -1.97. The van der Waals surface area contributed by atoms with Crippen LogP contribution < -0.4 is 0 Å². The van der Waals surface area contributed by atoms with Crippen molar-refractivity contribution in [3.63, 3.8) is 0 Å². The van der Waals surface area contributed by atoms with Crippen LogP contribution >= 0.6 is 0 Å². The fourth-order valence-corrected chi connectivity index (χ4v) is 0.988. The molecule has 0 aliphatic carbocycles. The van der Waals surface area contributed by atoms with Gasteiger partial charge in [0.05, 0.1) is 24.7 Å². The molecule has 0 aliphatic heterocycles. The molecule has 2 aromatic heterocycles. The lowest BCUT2D eigenvalue weighted by Crippen LogP contribution is -1.96. The number of fused-ring (bicyclic) bond motifs is 1. The van der Waals surface area contributed by atoms with Crippen molar-refractivity contribution >= 4 is 5.65 Å². The fraction of sp³-hybridized carbons (Fsp3) is 0.286. The molecule has 0 spiro atoms. The van der Waals surface area contributed by atoms with Gasteiger partial charge < -0.3 is 4.74 Å². The van der Waals surface area contributed by atoms with E-state index in [2.05, 4.69) is 15.1 Å². The van der Waals surface area contributed by atoms with Crippen molar-refractivity contribution in [2.45, 2.75) is 6.61 Å². The Morgan fingerprint density at radius 1 is 1.50 bits per heavy atom. The van der Waals surface area contributed by atoms with E-state index in [0.717, 1.165) is 11.3 Å². The van der Waals surface area contributed by atoms with Crippen molar-refractivity contribution in [1.82, 2.24) is 19.6 Å². The van der Waals surface area contributed by atoms with Gasteiger partial charge in [0.2, 0.25) is 0 Å². The van der Waals surface area contributed by atoms with Crippen LogP contribution in [0.15, 0.2) is 18.7 Å². The second-order valence-corrected chi connectivity index (χ2v) is 2.37. The lowest BCUT2D eigenvalue weighted by molar-refractivity contribution is 0.181. The molecule has 0 aromatic carbocycles. The van der Waals surface area contributed by atoms with Gasteiger partial charge in [0, 0.05) is 7.11 Å². The van der Waals surface area contributed by atoms with Gasteiger partial charge in [-0.05, 0) is 0 Å². The molecule has 5 nitrogen and oxygen atoms in total. The molecule has 0 fully saturated rings. The Labute approximate surface area is 69.0 Å². The topological polar surface area (TPSA) is 52.3 Å². The standard InChI is InChI=1S/C7H8N4O/c1-12-4-6-3-11-7(2-8-6)9-5-10-11/h2-3,5H,4H2,1H3. The monoisotopic (exact) mass is 164 g/mol. The molecular formula is C7H8N4O. The second kappa shape index (κ2) is 2.86. The van der Waals surface area contributed by atoms with Gasteiger partial charge in [-0.3, -0.25) is 4.98 Å². The summed E-state index contributed by atoms with van der Waals surface area (Å²) >= 11 is 0. The zero-order valence-corrected chi connectivity index (χ0v) is 6.64. The minimum atomic E-state index is 0.496. The molecule has 62 valence electrons. The summed E-state index contributed by atoms with van der Waals surface area (Å²) in [5.74, 6) is 0. The van der Waals surface area contributed by atoms with E-state index in [0.29, 0.717) is 6.61 Å². The first-order chi connectivity index (χ1) is 5.90. The van der Waals surface area contributed by atoms with Gasteiger partial charge in [0.25, 0.3) is 0 Å². The number of ether oxygens (including phenoxy) is 1. The highest BCUT2D eigenvalue weighted by molar-refractivity contribution is 5.32. The quantitative estimate of drug-likeness (QED) is 0.639. The Bertz CT molecular complexity index is 384. The van der Waals surface area contributed by atoms with Crippen molar-refractivity contribution < 1.29 is 4.74 Å². The Morgan fingerprint density at radius 3 is 3.25 bits per heavy atom. The van der Waals surface area contributed by atoms with E-state index in [4.69, 9.17) is 4.74 Å². The molecule has 5 heteroatoms. The molecular weight excluding hydrogens is 156 g/mol. The summed E-state index contributed by atoms with van der Waals surface area (Å²) in [7, 11) is 1.63. The largest absolute Gasteiger partial charge is 0.378 e. The van der Waals surface area contributed by atoms with Gasteiger partial charge in [0.1, 0.15) is 6.33 Å². The van der Waals surface area contributed by atoms with Crippen LogP contribution in [-0.2, 0) is 11.3 Å². The third-order valence-electron chi connectivity index (χ3n) is 1.51. The summed E-state index contributed by atoms with van der Waals surface area (Å²) in [5.41, 5.74) is 1.59. The molecule has 0 saturated heterocycles. The van der Waals surface area contributed by atoms with E-state index in [1.807, 2.05) is 0 Å². The summed E-state index contributed by atoms with van der Waals surface area (Å²) < 4.78 is 6.60. The first-order valence-electron chi connectivity index (χ1n) is 3.53. The maximum absolute atomic E-state index is 4.93. The third-order valence-corrected chi connectivity index (χ3v) is 1.51. The van der Waals surface area contributed by atoms with Gasteiger partial charge in [-0.2, -0.15) is 5.10 Å². The highest BCUT2D eigenvalue weighted by atomic mass is 16.5. The van der Waals surface area contributed by atoms with Crippen molar-refractivity contribution in [2.24, 2.45) is 0 Å². The smallest absolute Gasteiger partial charge is 0.173 e. The normalized spacial score (nSPS) is 10.8. The van der Waals surface area contributed by atoms with Gasteiger partial charge in [-0.1, -0.05) is 0 Å². The average Bonchev–Trinajstić information content (AvgIpc) is 2.51. The first kappa shape index (κ1) is 7.17. The van der Waals surface area contributed by atoms with Crippen LogP contribution in [0.3, 0.4) is 0 Å². The van der Waals surface area contributed by atoms with E-state index < -0.39 is 0 Å². The number of nitrogens with zero attached hydrogens (tertiary/aromatic N) is 4. The Morgan fingerprint density at radius 2 is 2.42 bits per heavy atom. The minimum absolute atomic E-state index is 0.496. The molecule has 0 amide bonds. The molecule has 0 radical (unpaired) electrons. The van der Waals surface area contributed by atoms with Crippen molar-refractivity contribution in [2.75, 3.05) is 7.11 Å². The molecule has 2 aromatic rings. The van der Waals surface area contributed by atoms with Crippen LogP contribution in [0.5, 0.6) is 0 Å². The fourth-order valence-electron chi connectivity index (χ4n) is 0.988. The van der Waals surface area contributed by atoms with Crippen molar-refractivity contribution in [1.29, 1.82) is 0 Å². The van der Waals surface area contributed by atoms with E-state index in [1.54, 1.807) is 24.0 Å². The number of hydrogen-bond acceptors (Lipinski definition) is 4. The van der Waals surface area contributed by atoms with E-state index in [9.17, 15) is 0 Å². The summed E-state index contributed by atoms with van der Waals surface area (Å²) in [6, 6.07) is 0. The van der Waals surface area contributed by atoms with Gasteiger partial charge in [-0.15, -0.1) is 0 Å². The predicted molar refractivity (Wildman–Crippen MR) is 41.5 cm³/mol. The maximum Gasteiger partial charge on any atom is 0.173 e. The van der Waals surface area contributed by atoms with Crippen LogP contribution in [0.2, 0.25) is 0 Å². The minimum Gasteiger partial charge on any atom is -0.378 e. The molecule has 0 saturated carbocycles. The summed E-state index contributed by atoms with van der Waals surface area (Å²) in [6.45, 7) is 0.496. The molecule has 0 N–H and O–H groups in total. The number of aromatic nitrogens is 4. The molecule has 2 rings (SSSR count). The van der Waals surface area contributed by atoms with Crippen LogP contribution in [0.25, 0.3) is 5.65 Å². The second-order valence-electron chi connectivity index (χ2n) is 2.37. The highest BCUT2D eigenvalue weighted by Crippen LogP contribution is 1.98. The Hall–Kier alpha value is -1.49. The molecule has 2 heterocycles. The van der Waals surface area contributed by atoms with Crippen LogP contribution in [0.4, 0.5) is 0 Å². The van der Waals surface area contributed by atoms with Gasteiger partial charge >= 0.3 is 0 Å². The van der Waals surface area contributed by atoms with Gasteiger partial charge in [-0.25, -0.2) is 9.50 Å². The Balaban J connectivity index is 2.46. The van der Waals surface area contributed by atoms with Crippen LogP contribution in [0.1, 0.15) is 5.69 Å². The predicted octanol–water partition coefficient (Wildman–Crippen LogP) is 0.271. The number of hydrogen-bond donors (Lipinski definition) is 0. The molecule has 0 aliphatic rings. The number of rotatable bonds is 2. The maximum atomic E-state index is 4.93. The van der Waals surface area contributed by atoms with Crippen molar-refractivity contribution in [3.05, 3.63) is 24.4 Å². The Kier molecular flexibility index (Phi) is 1.71. The average molecular weight is 164 g/mol. The summed E-state index contributed by atoms with van der Waals surface area (Å²) in [5, 5.41) is 3.97. The number of methoxy groups -OCH3 is 1. The van der Waals surface area contributed by atoms with E-state index in [1.165, 1.54) is 6.33 Å². The summed E-state index contributed by atoms with van der Waals surface area (Å²) in [6.07, 6.45) is 4.96. The van der Waals surface area contributed by atoms with Crippen molar-refractivity contribution in [3.8, 4) is 0 Å². The zero-order valence-electron chi connectivity index (χ0n) is 6.64. The molecule has 0 atom stereocenters. The lowest BCUT2D eigenvalue weighted by atomic mass is 10.5.